The van der Waals surface area contributed by atoms with Crippen LogP contribution >= 0.6 is 0 Å². The van der Waals surface area contributed by atoms with Crippen LogP contribution in [0.1, 0.15) is 61.9 Å². The van der Waals surface area contributed by atoms with Gasteiger partial charge in [-0.15, -0.1) is 11.2 Å². The smallest absolute Gasteiger partial charge is 0.257 e. The molecular formula is C52H51N18O4Re-. The molecule has 1 unspecified atom stereocenters. The van der Waals surface area contributed by atoms with Crippen molar-refractivity contribution in [2.24, 2.45) is 5.92 Å². The van der Waals surface area contributed by atoms with Crippen LogP contribution in [0, 0.1) is 12.5 Å². The van der Waals surface area contributed by atoms with E-state index >= 15 is 0 Å². The van der Waals surface area contributed by atoms with Gasteiger partial charge in [-0.3, -0.25) is 29.2 Å². The molecule has 1 atom stereocenters. The maximum atomic E-state index is 12.2. The van der Waals surface area contributed by atoms with Crippen LogP contribution in [0.3, 0.4) is 0 Å². The minimum Gasteiger partial charge on any atom is -0.429 e. The number of imide groups is 2. The summed E-state index contributed by atoms with van der Waals surface area (Å²) < 4.78 is 4.94. The van der Waals surface area contributed by atoms with Crippen LogP contribution in [0.15, 0.2) is 134 Å². The molecule has 4 aromatic carbocycles. The van der Waals surface area contributed by atoms with Gasteiger partial charge < -0.3 is 31.7 Å². The third-order valence-corrected chi connectivity index (χ3v) is 11.9. The maximum Gasteiger partial charge on any atom is 0.257 e. The van der Waals surface area contributed by atoms with Crippen molar-refractivity contribution in [2.75, 3.05) is 36.8 Å². The van der Waals surface area contributed by atoms with E-state index in [1.165, 1.54) is 15.1 Å². The number of amides is 4. The molecule has 0 saturated carbocycles. The Morgan fingerprint density at radius 2 is 1.43 bits per heavy atom. The Morgan fingerprint density at radius 1 is 0.733 bits per heavy atom. The number of fused-ring (bicyclic) bond motifs is 3. The summed E-state index contributed by atoms with van der Waals surface area (Å²) in [4.78, 5) is 71.9. The SMILES string of the molecule is CCCc1cn2[nH]c(Nc3cccc(N4C(=O)CC(C)C4=O)c3)nc2n1.Nc1cc(NCc2ccccc2)n2nc(NCc3ccccc3)nc2n1.O=C1CCC(=O)N1c1nc2n(n1)[CH-]C=C(c1ccccc1)N2.[Re]. The van der Waals surface area contributed by atoms with Gasteiger partial charge in [-0.2, -0.15) is 24.6 Å². The first-order valence-electron chi connectivity index (χ1n) is 24.0. The minimum absolute atomic E-state index is 0. The number of aryl methyl sites for hydroxylation is 1. The second-order valence-corrected chi connectivity index (χ2v) is 17.5. The van der Waals surface area contributed by atoms with Gasteiger partial charge in [-0.25, -0.2) is 19.4 Å². The van der Waals surface area contributed by atoms with Gasteiger partial charge in [-0.05, 0) is 35.7 Å². The molecule has 23 heteroatoms. The van der Waals surface area contributed by atoms with Crippen molar-refractivity contribution >= 4 is 87.7 Å². The number of H-pyrrole nitrogens is 1. The van der Waals surface area contributed by atoms with Crippen LogP contribution in [0.5, 0.6) is 0 Å². The number of carbonyl (C=O) groups excluding carboxylic acids is 4. The zero-order valence-electron chi connectivity index (χ0n) is 40.8. The number of hydrogen-bond donors (Lipinski definition) is 6. The van der Waals surface area contributed by atoms with E-state index in [-0.39, 0.29) is 75.2 Å². The normalized spacial score (nSPS) is 14.7. The molecule has 22 nitrogen and oxygen atoms in total. The van der Waals surface area contributed by atoms with E-state index in [2.05, 4.69) is 80.5 Å². The molecule has 7 N–H and O–H groups in total. The number of nitrogens with two attached hydrogens (primary N) is 1. The van der Waals surface area contributed by atoms with Crippen LogP contribution in [0.4, 0.5) is 46.8 Å². The van der Waals surface area contributed by atoms with Crippen molar-refractivity contribution < 1.29 is 39.6 Å². The Bertz CT molecular complexity index is 3470. The summed E-state index contributed by atoms with van der Waals surface area (Å²) in [5, 5.41) is 24.7. The molecule has 4 amide bonds. The molecule has 5 aromatic heterocycles. The Hall–Kier alpha value is -9.20. The third kappa shape index (κ3) is 11.7. The number of rotatable bonds is 13. The van der Waals surface area contributed by atoms with E-state index in [1.54, 1.807) is 46.8 Å². The van der Waals surface area contributed by atoms with Crippen LogP contribution in [0.25, 0.3) is 17.3 Å². The molecule has 1 radical (unpaired) electrons. The van der Waals surface area contributed by atoms with Crippen LogP contribution < -0.4 is 36.8 Å². The molecule has 75 heavy (non-hydrogen) atoms. The monoisotopic (exact) mass is 1180 g/mol. The fraction of sp³-hybridized carbons (Fsp3) is 0.192. The minimum atomic E-state index is -0.269. The molecule has 3 aliphatic heterocycles. The van der Waals surface area contributed by atoms with Crippen molar-refractivity contribution in [1.82, 2.24) is 53.9 Å². The van der Waals surface area contributed by atoms with Gasteiger partial charge in [-0.1, -0.05) is 135 Å². The molecule has 0 bridgehead atoms. The first kappa shape index (κ1) is 50.7. The van der Waals surface area contributed by atoms with Gasteiger partial charge in [0.25, 0.3) is 11.6 Å². The van der Waals surface area contributed by atoms with Gasteiger partial charge in [0.2, 0.25) is 41.5 Å². The van der Waals surface area contributed by atoms with Gasteiger partial charge in [0, 0.05) is 70.4 Å². The molecular weight excluding hydrogens is 1130 g/mol. The van der Waals surface area contributed by atoms with Gasteiger partial charge in [0.05, 0.1) is 17.6 Å². The molecule has 381 valence electrons. The zero-order valence-corrected chi connectivity index (χ0v) is 43.5. The summed E-state index contributed by atoms with van der Waals surface area (Å²) in [5.41, 5.74) is 12.4. The van der Waals surface area contributed by atoms with Gasteiger partial charge in [0.1, 0.15) is 17.6 Å². The molecule has 0 spiro atoms. The average molecular weight is 1180 g/mol. The van der Waals surface area contributed by atoms with E-state index in [0.29, 0.717) is 54.0 Å². The summed E-state index contributed by atoms with van der Waals surface area (Å²) in [6, 6.07) is 38.9. The van der Waals surface area contributed by atoms with E-state index in [4.69, 9.17) is 5.73 Å². The van der Waals surface area contributed by atoms with Gasteiger partial charge in [0.15, 0.2) is 0 Å². The maximum absolute atomic E-state index is 12.2. The summed E-state index contributed by atoms with van der Waals surface area (Å²) in [7, 11) is 0. The van der Waals surface area contributed by atoms with E-state index in [1.807, 2.05) is 97.2 Å². The molecule has 12 rings (SSSR count). The molecule has 8 heterocycles. The number of allylic oxidation sites excluding steroid dienone is 1. The molecule has 3 aliphatic rings. The van der Waals surface area contributed by atoms with E-state index in [9.17, 15) is 19.2 Å². The third-order valence-electron chi connectivity index (χ3n) is 11.9. The average Bonchev–Trinajstić information content (AvgIpc) is 4.29. The number of nitrogen functional groups attached to an aromatic ring is 1. The summed E-state index contributed by atoms with van der Waals surface area (Å²) in [6.07, 6.45) is 6.43. The Kier molecular flexibility index (Phi) is 15.4. The van der Waals surface area contributed by atoms with Crippen molar-refractivity contribution in [1.29, 1.82) is 0 Å². The first-order chi connectivity index (χ1) is 36.0. The molecule has 2 saturated heterocycles. The molecule has 2 fully saturated rings. The van der Waals surface area contributed by atoms with Crippen LogP contribution in [-0.2, 0) is 59.1 Å². The summed E-state index contributed by atoms with van der Waals surface area (Å²) >= 11 is 0. The largest absolute Gasteiger partial charge is 0.429 e. The number of nitrogens with one attached hydrogen (secondary N) is 5. The number of aromatic nitrogens is 11. The van der Waals surface area contributed by atoms with Crippen LogP contribution in [-0.4, -0.2) is 77.6 Å². The van der Waals surface area contributed by atoms with Crippen molar-refractivity contribution in [3.63, 3.8) is 0 Å². The number of carbonyl (C=O) groups is 4. The Labute approximate surface area is 443 Å². The van der Waals surface area contributed by atoms with E-state index in [0.717, 1.165) is 51.8 Å². The number of hydrogen-bond acceptors (Lipinski definition) is 16. The first-order valence-corrected chi connectivity index (χ1v) is 24.0. The number of imidazole rings is 1. The Balaban J connectivity index is 0.000000137. The second kappa shape index (κ2) is 22.7. The van der Waals surface area contributed by atoms with Crippen molar-refractivity contribution in [3.8, 4) is 0 Å². The molecule has 9 aromatic rings. The molecule has 0 aliphatic carbocycles. The second-order valence-electron chi connectivity index (χ2n) is 17.5. The predicted molar refractivity (Wildman–Crippen MR) is 280 cm³/mol. The topological polar surface area (TPSA) is 269 Å². The number of nitrogens with zero attached hydrogens (tertiary/aromatic N) is 12. The van der Waals surface area contributed by atoms with E-state index < -0.39 is 0 Å². The summed E-state index contributed by atoms with van der Waals surface area (Å²) in [5.74, 6) is 2.73. The number of anilines is 8. The number of aromatic amines is 1. The predicted octanol–water partition coefficient (Wildman–Crippen LogP) is 6.99. The quantitative estimate of drug-likeness (QED) is 0.0502. The van der Waals surface area contributed by atoms with Gasteiger partial charge >= 0.3 is 0 Å². The fourth-order valence-corrected chi connectivity index (χ4v) is 8.31. The van der Waals surface area contributed by atoms with Crippen molar-refractivity contribution in [2.45, 2.75) is 59.0 Å². The fourth-order valence-electron chi connectivity index (χ4n) is 8.31. The Morgan fingerprint density at radius 3 is 2.09 bits per heavy atom. The van der Waals surface area contributed by atoms with Crippen molar-refractivity contribution in [3.05, 3.63) is 163 Å². The standard InChI is InChI=1S/C19H19N7.C18H20N6O2.C15H12N5O2.Re/c20-16-11-17(21-12-14-7-3-1-4-8-14)26-19(23-16)24-18(25-26)22-13-15-9-5-2-6-10-15;1-3-5-13-10-23-18(20-13)21-17(22-23)19-12-6-4-7-14(9-12)24-15(25)8-11(2)16(24)26;21-12-6-7-13(22)20(12)15-17-14-16-11(8-9-19(14)18-15)10-4-2-1-3-5-10;/h1-11,21H,12-13H2,(H3,20,22,23,24,25);4,6-7,9-11H,3,5,8H2,1-2H3,(H2,19,20,21,22);1-5,8-9H,6-7H2,(H,16,17,18);/q;;-1;. The summed E-state index contributed by atoms with van der Waals surface area (Å²) in [6.45, 7) is 6.92. The van der Waals surface area contributed by atoms with Crippen LogP contribution in [0.2, 0.25) is 0 Å². The zero-order chi connectivity index (χ0) is 51.1. The number of benzene rings is 4.